The number of hydrogen-bond acceptors (Lipinski definition) is 6. The van der Waals surface area contributed by atoms with E-state index in [1.165, 1.54) is 14.2 Å². The van der Waals surface area contributed by atoms with E-state index in [0.29, 0.717) is 39.8 Å². The van der Waals surface area contributed by atoms with Crippen molar-refractivity contribution < 1.29 is 24.1 Å². The number of methoxy groups -OCH3 is 3. The average molecular weight is 406 g/mol. The Bertz CT molecular complexity index is 1100. The first kappa shape index (κ1) is 19.4. The zero-order valence-electron chi connectivity index (χ0n) is 16.9. The van der Waals surface area contributed by atoms with Gasteiger partial charge < -0.3 is 24.6 Å². The normalized spacial score (nSPS) is 15.2. The van der Waals surface area contributed by atoms with Crippen LogP contribution in [0.3, 0.4) is 0 Å². The molecule has 7 heteroatoms. The molecule has 3 aromatic rings. The van der Waals surface area contributed by atoms with Crippen LogP contribution in [0.4, 0.5) is 11.4 Å². The van der Waals surface area contributed by atoms with Crippen molar-refractivity contribution in [2.24, 2.45) is 0 Å². The number of phenolic OH excluding ortho intramolecular Hbond substituents is 1. The van der Waals surface area contributed by atoms with E-state index in [0.717, 1.165) is 0 Å². The number of rotatable bonds is 5. The molecule has 7 nitrogen and oxygen atoms in total. The summed E-state index contributed by atoms with van der Waals surface area (Å²) in [6.45, 7) is 0. The Kier molecular flexibility index (Phi) is 5.10. The fourth-order valence-electron chi connectivity index (χ4n) is 3.63. The van der Waals surface area contributed by atoms with Crippen molar-refractivity contribution in [3.05, 3.63) is 71.8 Å². The molecule has 3 aromatic carbocycles. The molecule has 0 fully saturated rings. The summed E-state index contributed by atoms with van der Waals surface area (Å²) in [5, 5.41) is 14.2. The van der Waals surface area contributed by atoms with Crippen molar-refractivity contribution >= 4 is 17.3 Å². The van der Waals surface area contributed by atoms with E-state index in [9.17, 15) is 9.90 Å². The molecule has 0 aliphatic carbocycles. The molecule has 0 spiro atoms. The Hall–Kier alpha value is -3.87. The Labute approximate surface area is 174 Å². The number of carbonyl (C=O) groups excluding carboxylic acids is 1. The minimum Gasteiger partial charge on any atom is -0.504 e. The van der Waals surface area contributed by atoms with Crippen LogP contribution in [0.2, 0.25) is 0 Å². The van der Waals surface area contributed by atoms with Crippen LogP contribution in [0.1, 0.15) is 22.1 Å². The summed E-state index contributed by atoms with van der Waals surface area (Å²) >= 11 is 0. The minimum atomic E-state index is -0.690. The van der Waals surface area contributed by atoms with Gasteiger partial charge in [0.2, 0.25) is 0 Å². The Morgan fingerprint density at radius 2 is 1.67 bits per heavy atom. The van der Waals surface area contributed by atoms with Gasteiger partial charge in [-0.25, -0.2) is 0 Å². The van der Waals surface area contributed by atoms with Crippen molar-refractivity contribution in [1.82, 2.24) is 0 Å². The second kappa shape index (κ2) is 7.87. The minimum absolute atomic E-state index is 0.0397. The maximum absolute atomic E-state index is 13.6. The van der Waals surface area contributed by atoms with E-state index in [2.05, 4.69) is 5.32 Å². The largest absolute Gasteiger partial charge is 0.504 e. The van der Waals surface area contributed by atoms with Crippen LogP contribution >= 0.6 is 0 Å². The molecule has 2 N–H and O–H groups in total. The van der Waals surface area contributed by atoms with Gasteiger partial charge >= 0.3 is 0 Å². The first-order chi connectivity index (χ1) is 14.6. The van der Waals surface area contributed by atoms with Gasteiger partial charge in [-0.15, -0.1) is 0 Å². The molecule has 0 bridgehead atoms. The smallest absolute Gasteiger partial charge is 0.262 e. The second-order valence-electron chi connectivity index (χ2n) is 6.70. The maximum Gasteiger partial charge on any atom is 0.262 e. The van der Waals surface area contributed by atoms with Crippen LogP contribution in [0.15, 0.2) is 60.7 Å². The predicted octanol–water partition coefficient (Wildman–Crippen LogP) is 4.19. The van der Waals surface area contributed by atoms with Crippen LogP contribution in [-0.2, 0) is 0 Å². The zero-order valence-corrected chi connectivity index (χ0v) is 16.9. The number of fused-ring (bicyclic) bond motifs is 1. The van der Waals surface area contributed by atoms with Gasteiger partial charge in [0.1, 0.15) is 17.7 Å². The maximum atomic E-state index is 13.6. The number of carbonyl (C=O) groups is 1. The van der Waals surface area contributed by atoms with Gasteiger partial charge in [0.15, 0.2) is 11.5 Å². The quantitative estimate of drug-likeness (QED) is 0.661. The lowest BCUT2D eigenvalue weighted by Gasteiger charge is -2.39. The molecule has 0 radical (unpaired) electrons. The highest BCUT2D eigenvalue weighted by atomic mass is 16.5. The summed E-state index contributed by atoms with van der Waals surface area (Å²) < 4.78 is 16.1. The highest BCUT2D eigenvalue weighted by Crippen LogP contribution is 2.45. The number of benzene rings is 3. The van der Waals surface area contributed by atoms with Gasteiger partial charge in [0.05, 0.1) is 32.6 Å². The van der Waals surface area contributed by atoms with Crippen LogP contribution < -0.4 is 24.4 Å². The van der Waals surface area contributed by atoms with Crippen molar-refractivity contribution in [1.29, 1.82) is 0 Å². The standard InChI is InChI=1S/C23H22N2O5/c1-28-14-11-12-18(20(13-14)30-3)25-22(16-8-6-10-19(29-2)21(16)26)24-17-9-5-4-7-15(17)23(25)27/h4-13,22,24,26H,1-3H3/t22-/m1/s1. The van der Waals surface area contributed by atoms with E-state index < -0.39 is 6.17 Å². The monoisotopic (exact) mass is 406 g/mol. The summed E-state index contributed by atoms with van der Waals surface area (Å²) in [7, 11) is 4.58. The number of anilines is 2. The molecular weight excluding hydrogens is 384 g/mol. The fourth-order valence-corrected chi connectivity index (χ4v) is 3.63. The van der Waals surface area contributed by atoms with E-state index >= 15 is 0 Å². The first-order valence-electron chi connectivity index (χ1n) is 9.36. The number of aromatic hydroxyl groups is 1. The Balaban J connectivity index is 1.92. The van der Waals surface area contributed by atoms with Crippen molar-refractivity contribution in [3.8, 4) is 23.0 Å². The topological polar surface area (TPSA) is 80.3 Å². The summed E-state index contributed by atoms with van der Waals surface area (Å²) in [6.07, 6.45) is -0.690. The third kappa shape index (κ3) is 3.14. The third-order valence-electron chi connectivity index (χ3n) is 5.12. The molecule has 0 saturated carbocycles. The molecule has 1 amide bonds. The van der Waals surface area contributed by atoms with E-state index in [1.807, 2.05) is 18.2 Å². The zero-order chi connectivity index (χ0) is 21.3. The predicted molar refractivity (Wildman–Crippen MR) is 114 cm³/mol. The summed E-state index contributed by atoms with van der Waals surface area (Å²) in [6, 6.07) is 17.7. The van der Waals surface area contributed by atoms with E-state index in [4.69, 9.17) is 14.2 Å². The highest BCUT2D eigenvalue weighted by Gasteiger charge is 2.37. The number of phenols is 1. The molecular formula is C23H22N2O5. The SMILES string of the molecule is COc1ccc(N2C(=O)c3ccccc3N[C@H]2c2cccc(OC)c2O)c(OC)c1. The molecule has 1 heterocycles. The molecule has 4 rings (SSSR count). The van der Waals surface area contributed by atoms with Gasteiger partial charge in [0, 0.05) is 17.3 Å². The highest BCUT2D eigenvalue weighted by molar-refractivity contribution is 6.12. The summed E-state index contributed by atoms with van der Waals surface area (Å²) in [5.74, 6) is 1.13. The molecule has 0 unspecified atom stereocenters. The number of para-hydroxylation sites is 2. The molecule has 1 atom stereocenters. The van der Waals surface area contributed by atoms with Gasteiger partial charge in [-0.3, -0.25) is 9.69 Å². The molecule has 0 aromatic heterocycles. The Morgan fingerprint density at radius 1 is 0.900 bits per heavy atom. The molecule has 30 heavy (non-hydrogen) atoms. The van der Waals surface area contributed by atoms with Crippen molar-refractivity contribution in [2.45, 2.75) is 6.17 Å². The lowest BCUT2D eigenvalue weighted by Crippen LogP contribution is -2.43. The van der Waals surface area contributed by atoms with Crippen LogP contribution in [0.5, 0.6) is 23.0 Å². The molecule has 1 aliphatic rings. The summed E-state index contributed by atoms with van der Waals surface area (Å²) in [5.41, 5.74) is 2.24. The number of hydrogen-bond donors (Lipinski definition) is 2. The lowest BCUT2D eigenvalue weighted by atomic mass is 10.0. The average Bonchev–Trinajstić information content (AvgIpc) is 2.79. The number of ether oxygens (including phenoxy) is 3. The van der Waals surface area contributed by atoms with Crippen LogP contribution in [-0.4, -0.2) is 32.3 Å². The second-order valence-corrected chi connectivity index (χ2v) is 6.70. The summed E-state index contributed by atoms with van der Waals surface area (Å²) in [4.78, 5) is 15.1. The van der Waals surface area contributed by atoms with E-state index in [1.54, 1.807) is 54.5 Å². The van der Waals surface area contributed by atoms with Gasteiger partial charge in [0.25, 0.3) is 5.91 Å². The molecule has 1 aliphatic heterocycles. The molecule has 0 saturated heterocycles. The van der Waals surface area contributed by atoms with Crippen molar-refractivity contribution in [2.75, 3.05) is 31.5 Å². The number of nitrogens with one attached hydrogen (secondary N) is 1. The van der Waals surface area contributed by atoms with E-state index in [-0.39, 0.29) is 11.7 Å². The van der Waals surface area contributed by atoms with Crippen LogP contribution in [0.25, 0.3) is 0 Å². The van der Waals surface area contributed by atoms with Crippen LogP contribution in [0, 0.1) is 0 Å². The fraction of sp³-hybridized carbons (Fsp3) is 0.174. The van der Waals surface area contributed by atoms with Gasteiger partial charge in [-0.05, 0) is 30.3 Å². The third-order valence-corrected chi connectivity index (χ3v) is 5.12. The molecule has 154 valence electrons. The first-order valence-corrected chi connectivity index (χ1v) is 9.36. The van der Waals surface area contributed by atoms with Gasteiger partial charge in [-0.1, -0.05) is 24.3 Å². The van der Waals surface area contributed by atoms with Crippen molar-refractivity contribution in [3.63, 3.8) is 0 Å². The number of nitrogens with zero attached hydrogens (tertiary/aromatic N) is 1. The number of amides is 1. The lowest BCUT2D eigenvalue weighted by molar-refractivity contribution is 0.0974. The van der Waals surface area contributed by atoms with Gasteiger partial charge in [-0.2, -0.15) is 0 Å². The Morgan fingerprint density at radius 3 is 2.40 bits per heavy atom.